The van der Waals surface area contributed by atoms with Gasteiger partial charge in [0.15, 0.2) is 0 Å². The van der Waals surface area contributed by atoms with E-state index in [4.69, 9.17) is 10.5 Å². The Morgan fingerprint density at radius 3 is 2.80 bits per heavy atom. The van der Waals surface area contributed by atoms with E-state index in [1.54, 1.807) is 7.11 Å². The van der Waals surface area contributed by atoms with Crippen LogP contribution in [-0.2, 0) is 9.53 Å². The maximum absolute atomic E-state index is 12.1. The molecule has 3 N–H and O–H groups in total. The van der Waals surface area contributed by atoms with Gasteiger partial charge in [-0.25, -0.2) is 0 Å². The molecule has 0 bridgehead atoms. The van der Waals surface area contributed by atoms with Crippen LogP contribution in [0.15, 0.2) is 24.3 Å². The smallest absolute Gasteiger partial charge is 0.227 e. The molecule has 4 nitrogen and oxygen atoms in total. The van der Waals surface area contributed by atoms with Crippen molar-refractivity contribution in [3.63, 3.8) is 0 Å². The highest BCUT2D eigenvalue weighted by Crippen LogP contribution is 2.26. The maximum atomic E-state index is 12.1. The van der Waals surface area contributed by atoms with Gasteiger partial charge in [-0.2, -0.15) is 0 Å². The van der Waals surface area contributed by atoms with Crippen LogP contribution in [0.3, 0.4) is 0 Å². The van der Waals surface area contributed by atoms with Crippen LogP contribution in [0.4, 0.5) is 5.69 Å². The Morgan fingerprint density at radius 1 is 1.45 bits per heavy atom. The van der Waals surface area contributed by atoms with Crippen LogP contribution in [0, 0.1) is 5.92 Å². The Hall–Kier alpha value is -1.10. The van der Waals surface area contributed by atoms with E-state index in [0.29, 0.717) is 0 Å². The highest BCUT2D eigenvalue weighted by Gasteiger charge is 2.27. The molecule has 0 aliphatic heterocycles. The number of benzene rings is 1. The summed E-state index contributed by atoms with van der Waals surface area (Å²) in [5, 5.41) is 2.97. The van der Waals surface area contributed by atoms with Crippen LogP contribution in [0.5, 0.6) is 0 Å². The van der Waals surface area contributed by atoms with Crippen molar-refractivity contribution in [2.24, 2.45) is 11.7 Å². The van der Waals surface area contributed by atoms with Gasteiger partial charge in [-0.15, -0.1) is 12.4 Å². The summed E-state index contributed by atoms with van der Waals surface area (Å²) >= 11 is 0. The quantitative estimate of drug-likeness (QED) is 0.898. The molecule has 20 heavy (non-hydrogen) atoms. The van der Waals surface area contributed by atoms with Gasteiger partial charge < -0.3 is 15.8 Å². The molecule has 1 aromatic carbocycles. The highest BCUT2D eigenvalue weighted by molar-refractivity contribution is 5.92. The Bertz CT molecular complexity index is 453. The number of halogens is 1. The van der Waals surface area contributed by atoms with Crippen molar-refractivity contribution in [1.29, 1.82) is 0 Å². The van der Waals surface area contributed by atoms with Gasteiger partial charge in [0.1, 0.15) is 0 Å². The van der Waals surface area contributed by atoms with Gasteiger partial charge in [0, 0.05) is 24.8 Å². The third-order valence-electron chi connectivity index (χ3n) is 3.82. The van der Waals surface area contributed by atoms with Crippen LogP contribution in [0.25, 0.3) is 0 Å². The summed E-state index contributed by atoms with van der Waals surface area (Å²) in [6, 6.07) is 7.96. The topological polar surface area (TPSA) is 64.3 Å². The number of hydrogen-bond acceptors (Lipinski definition) is 3. The van der Waals surface area contributed by atoms with E-state index in [1.165, 1.54) is 0 Å². The van der Waals surface area contributed by atoms with Crippen molar-refractivity contribution in [3.8, 4) is 0 Å². The lowest BCUT2D eigenvalue weighted by Gasteiger charge is -2.14. The van der Waals surface area contributed by atoms with Gasteiger partial charge in [-0.1, -0.05) is 12.1 Å². The first-order chi connectivity index (χ1) is 9.10. The third-order valence-corrected chi connectivity index (χ3v) is 3.82. The van der Waals surface area contributed by atoms with Crippen LogP contribution in [-0.4, -0.2) is 19.1 Å². The molecule has 0 spiro atoms. The first-order valence-corrected chi connectivity index (χ1v) is 6.79. The van der Waals surface area contributed by atoms with E-state index in [1.807, 2.05) is 31.2 Å². The van der Waals surface area contributed by atoms with Gasteiger partial charge in [-0.05, 0) is 43.9 Å². The molecule has 2 rings (SSSR count). The van der Waals surface area contributed by atoms with E-state index < -0.39 is 0 Å². The Morgan fingerprint density at radius 2 is 2.20 bits per heavy atom. The summed E-state index contributed by atoms with van der Waals surface area (Å²) in [4.78, 5) is 12.1. The molecule has 3 unspecified atom stereocenters. The van der Waals surface area contributed by atoms with E-state index in [9.17, 15) is 4.79 Å². The van der Waals surface area contributed by atoms with Gasteiger partial charge in [-0.3, -0.25) is 4.79 Å². The van der Waals surface area contributed by atoms with E-state index in [2.05, 4.69) is 5.32 Å². The standard InChI is InChI=1S/C15H22N2O2.ClH/c1-10(19-2)11-4-3-5-14(9-11)17-15(18)12-6-7-13(16)8-12;/h3-5,9-10,12-13H,6-8,16H2,1-2H3,(H,17,18);1H. The second-order valence-corrected chi connectivity index (χ2v) is 5.26. The van der Waals surface area contributed by atoms with Crippen molar-refractivity contribution in [2.75, 3.05) is 12.4 Å². The summed E-state index contributed by atoms with van der Waals surface area (Å²) in [6.45, 7) is 1.98. The summed E-state index contributed by atoms with van der Waals surface area (Å²) in [5.41, 5.74) is 7.73. The molecule has 0 radical (unpaired) electrons. The second kappa shape index (κ2) is 7.62. The SMILES string of the molecule is COC(C)c1cccc(NC(=O)C2CCC(N)C2)c1.Cl. The Kier molecular flexibility index (Phi) is 6.46. The largest absolute Gasteiger partial charge is 0.377 e. The molecule has 1 aliphatic carbocycles. The number of amides is 1. The molecule has 1 fully saturated rings. The zero-order valence-corrected chi connectivity index (χ0v) is 12.8. The maximum Gasteiger partial charge on any atom is 0.227 e. The number of carbonyl (C=O) groups is 1. The monoisotopic (exact) mass is 298 g/mol. The molecule has 1 saturated carbocycles. The van der Waals surface area contributed by atoms with Crippen LogP contribution < -0.4 is 11.1 Å². The van der Waals surface area contributed by atoms with Crippen molar-refractivity contribution in [2.45, 2.75) is 38.3 Å². The fourth-order valence-corrected chi connectivity index (χ4v) is 2.50. The minimum Gasteiger partial charge on any atom is -0.377 e. The number of nitrogens with two attached hydrogens (primary N) is 1. The second-order valence-electron chi connectivity index (χ2n) is 5.26. The lowest BCUT2D eigenvalue weighted by Crippen LogP contribution is -2.23. The van der Waals surface area contributed by atoms with Gasteiger partial charge >= 0.3 is 0 Å². The summed E-state index contributed by atoms with van der Waals surface area (Å²) in [6.07, 6.45) is 2.65. The predicted octanol–water partition coefficient (Wildman–Crippen LogP) is 2.88. The zero-order chi connectivity index (χ0) is 13.8. The third kappa shape index (κ3) is 4.20. The highest BCUT2D eigenvalue weighted by atomic mass is 35.5. The Labute approximate surface area is 126 Å². The molecular formula is C15H23ClN2O2. The molecular weight excluding hydrogens is 276 g/mol. The number of methoxy groups -OCH3 is 1. The molecule has 0 saturated heterocycles. The lowest BCUT2D eigenvalue weighted by molar-refractivity contribution is -0.119. The summed E-state index contributed by atoms with van der Waals surface area (Å²) in [7, 11) is 1.68. The van der Waals surface area contributed by atoms with E-state index >= 15 is 0 Å². The fraction of sp³-hybridized carbons (Fsp3) is 0.533. The molecule has 1 amide bonds. The number of rotatable bonds is 4. The first-order valence-electron chi connectivity index (χ1n) is 6.79. The normalized spacial score (nSPS) is 22.9. The summed E-state index contributed by atoms with van der Waals surface area (Å²) < 4.78 is 5.28. The molecule has 0 aromatic heterocycles. The molecule has 3 atom stereocenters. The fourth-order valence-electron chi connectivity index (χ4n) is 2.50. The average molecular weight is 299 g/mol. The Balaban J connectivity index is 0.00000200. The van der Waals surface area contributed by atoms with Gasteiger partial charge in [0.25, 0.3) is 0 Å². The predicted molar refractivity (Wildman–Crippen MR) is 83.1 cm³/mol. The average Bonchev–Trinajstić information content (AvgIpc) is 2.85. The molecule has 5 heteroatoms. The molecule has 0 heterocycles. The van der Waals surface area contributed by atoms with E-state index in [0.717, 1.165) is 30.5 Å². The van der Waals surface area contributed by atoms with Crippen molar-refractivity contribution >= 4 is 24.0 Å². The van der Waals surface area contributed by atoms with Gasteiger partial charge in [0.2, 0.25) is 5.91 Å². The van der Waals surface area contributed by atoms with Crippen LogP contribution >= 0.6 is 12.4 Å². The summed E-state index contributed by atoms with van der Waals surface area (Å²) in [5.74, 6) is 0.133. The van der Waals surface area contributed by atoms with Crippen molar-refractivity contribution in [3.05, 3.63) is 29.8 Å². The molecule has 112 valence electrons. The zero-order valence-electron chi connectivity index (χ0n) is 12.0. The minimum absolute atomic E-state index is 0. The van der Waals surface area contributed by atoms with Crippen LogP contribution in [0.2, 0.25) is 0 Å². The number of ether oxygens (including phenoxy) is 1. The lowest BCUT2D eigenvalue weighted by atomic mass is 10.1. The molecule has 1 aromatic rings. The number of nitrogens with one attached hydrogen (secondary N) is 1. The number of anilines is 1. The minimum atomic E-state index is 0. The number of carbonyl (C=O) groups excluding carboxylic acids is 1. The molecule has 1 aliphatic rings. The first kappa shape index (κ1) is 17.0. The number of hydrogen-bond donors (Lipinski definition) is 2. The van der Waals surface area contributed by atoms with Crippen molar-refractivity contribution < 1.29 is 9.53 Å². The van der Waals surface area contributed by atoms with Gasteiger partial charge in [0.05, 0.1) is 6.10 Å². The van der Waals surface area contributed by atoms with E-state index in [-0.39, 0.29) is 36.4 Å². The van der Waals surface area contributed by atoms with Crippen LogP contribution in [0.1, 0.15) is 37.9 Å². The van der Waals surface area contributed by atoms with Crippen molar-refractivity contribution in [1.82, 2.24) is 0 Å².